The summed E-state index contributed by atoms with van der Waals surface area (Å²) in [6, 6.07) is 8.04. The third kappa shape index (κ3) is 4.01. The zero-order chi connectivity index (χ0) is 21.2. The van der Waals surface area contributed by atoms with Crippen molar-refractivity contribution in [2.24, 2.45) is 0 Å². The number of hydrogen-bond donors (Lipinski definition) is 1. The number of fused-ring (bicyclic) bond motifs is 1. The lowest BCUT2D eigenvalue weighted by Crippen LogP contribution is -2.30. The summed E-state index contributed by atoms with van der Waals surface area (Å²) in [5.41, 5.74) is 2.32. The normalized spacial score (nSPS) is 13.0. The summed E-state index contributed by atoms with van der Waals surface area (Å²) < 4.78 is 28.2. The highest BCUT2D eigenvalue weighted by atomic mass is 32.2. The van der Waals surface area contributed by atoms with Gasteiger partial charge < -0.3 is 5.32 Å². The van der Waals surface area contributed by atoms with Crippen LogP contribution in [0.4, 0.5) is 0 Å². The van der Waals surface area contributed by atoms with Crippen molar-refractivity contribution < 1.29 is 13.2 Å². The Morgan fingerprint density at radius 1 is 1.21 bits per heavy atom. The second-order valence-electron chi connectivity index (χ2n) is 6.70. The molecule has 0 aliphatic rings. The number of carbonyl (C=O) groups excluding carboxylic acids is 1. The molecule has 8 nitrogen and oxygen atoms in total. The minimum Gasteiger partial charge on any atom is -0.345 e. The Kier molecular flexibility index (Phi) is 5.99. The molecule has 0 saturated heterocycles. The molecule has 0 fully saturated rings. The molecule has 0 aliphatic carbocycles. The maximum atomic E-state index is 12.8. The van der Waals surface area contributed by atoms with Gasteiger partial charge in [-0.3, -0.25) is 4.79 Å². The number of hydrogen-bond acceptors (Lipinski definition) is 5. The molecule has 1 unspecified atom stereocenters. The third-order valence-corrected chi connectivity index (χ3v) is 6.93. The molecule has 2 aromatic heterocycles. The Hall–Kier alpha value is -2.78. The molecule has 29 heavy (non-hydrogen) atoms. The highest BCUT2D eigenvalue weighted by Gasteiger charge is 2.23. The topological polar surface area (TPSA) is 96.7 Å². The maximum absolute atomic E-state index is 12.8. The van der Waals surface area contributed by atoms with Gasteiger partial charge in [0, 0.05) is 25.5 Å². The minimum absolute atomic E-state index is 0.242. The van der Waals surface area contributed by atoms with Crippen molar-refractivity contribution in [2.45, 2.75) is 38.6 Å². The van der Waals surface area contributed by atoms with Gasteiger partial charge in [-0.2, -0.15) is 9.40 Å². The van der Waals surface area contributed by atoms with Crippen LogP contribution in [0.15, 0.2) is 47.6 Å². The van der Waals surface area contributed by atoms with Crippen molar-refractivity contribution in [2.75, 3.05) is 13.1 Å². The van der Waals surface area contributed by atoms with Gasteiger partial charge in [-0.05, 0) is 37.6 Å². The first kappa shape index (κ1) is 20.9. The predicted molar refractivity (Wildman–Crippen MR) is 110 cm³/mol. The van der Waals surface area contributed by atoms with Crippen LogP contribution in [-0.2, 0) is 10.0 Å². The Morgan fingerprint density at radius 3 is 2.48 bits per heavy atom. The highest BCUT2D eigenvalue weighted by molar-refractivity contribution is 7.89. The van der Waals surface area contributed by atoms with Crippen LogP contribution < -0.4 is 5.32 Å². The molecule has 2 heterocycles. The first-order valence-electron chi connectivity index (χ1n) is 9.50. The van der Waals surface area contributed by atoms with Gasteiger partial charge in [-0.15, -0.1) is 0 Å². The van der Waals surface area contributed by atoms with Crippen molar-refractivity contribution in [3.8, 4) is 0 Å². The van der Waals surface area contributed by atoms with E-state index in [1.807, 2.05) is 20.8 Å². The molecule has 0 bridgehead atoms. The summed E-state index contributed by atoms with van der Waals surface area (Å²) in [5.74, 6) is -0.275. The average Bonchev–Trinajstić information content (AvgIpc) is 3.04. The van der Waals surface area contributed by atoms with Crippen LogP contribution in [0, 0.1) is 6.92 Å². The standard InChI is InChI=1S/C20H25N5O3S/c1-5-24(6-2)29(27,28)17-10-8-16(9-11-17)14(3)22-20(26)18-15(4)23-25-13-7-12-21-19(18)25/h7-14H,5-6H2,1-4H3,(H,22,26). The van der Waals surface area contributed by atoms with E-state index in [2.05, 4.69) is 15.4 Å². The number of nitrogens with zero attached hydrogens (tertiary/aromatic N) is 4. The highest BCUT2D eigenvalue weighted by Crippen LogP contribution is 2.20. The first-order valence-corrected chi connectivity index (χ1v) is 10.9. The second-order valence-corrected chi connectivity index (χ2v) is 8.64. The van der Waals surface area contributed by atoms with Gasteiger partial charge >= 0.3 is 0 Å². The van der Waals surface area contributed by atoms with Crippen LogP contribution in [-0.4, -0.2) is 46.3 Å². The molecule has 1 aromatic carbocycles. The average molecular weight is 416 g/mol. The summed E-state index contributed by atoms with van der Waals surface area (Å²) in [6.45, 7) is 8.07. The summed E-state index contributed by atoms with van der Waals surface area (Å²) >= 11 is 0. The number of carbonyl (C=O) groups is 1. The van der Waals surface area contributed by atoms with Gasteiger partial charge in [0.2, 0.25) is 10.0 Å². The largest absolute Gasteiger partial charge is 0.345 e. The Balaban J connectivity index is 1.80. The lowest BCUT2D eigenvalue weighted by Gasteiger charge is -2.19. The lowest BCUT2D eigenvalue weighted by molar-refractivity contribution is 0.0940. The van der Waals surface area contributed by atoms with E-state index in [1.54, 1.807) is 54.2 Å². The smallest absolute Gasteiger partial charge is 0.257 e. The van der Waals surface area contributed by atoms with Crippen LogP contribution in [0.25, 0.3) is 5.65 Å². The number of amides is 1. The molecule has 1 atom stereocenters. The van der Waals surface area contributed by atoms with Gasteiger partial charge in [0.25, 0.3) is 5.91 Å². The van der Waals surface area contributed by atoms with E-state index in [9.17, 15) is 13.2 Å². The molecule has 3 aromatic rings. The summed E-state index contributed by atoms with van der Waals surface area (Å²) in [4.78, 5) is 17.3. The lowest BCUT2D eigenvalue weighted by atomic mass is 10.1. The number of aromatic nitrogens is 3. The SMILES string of the molecule is CCN(CC)S(=O)(=O)c1ccc(C(C)NC(=O)c2c(C)nn3cccnc23)cc1. The van der Waals surface area contributed by atoms with Gasteiger partial charge in [0.15, 0.2) is 5.65 Å². The number of benzene rings is 1. The van der Waals surface area contributed by atoms with Gasteiger partial charge in [0.05, 0.1) is 16.6 Å². The van der Waals surface area contributed by atoms with E-state index in [0.29, 0.717) is 30.0 Å². The van der Waals surface area contributed by atoms with Crippen LogP contribution >= 0.6 is 0 Å². The fourth-order valence-corrected chi connectivity index (χ4v) is 4.71. The third-order valence-electron chi connectivity index (χ3n) is 4.87. The van der Waals surface area contributed by atoms with Crippen molar-refractivity contribution in [1.82, 2.24) is 24.2 Å². The predicted octanol–water partition coefficient (Wildman–Crippen LogP) is 2.56. The maximum Gasteiger partial charge on any atom is 0.257 e. The number of nitrogens with one attached hydrogen (secondary N) is 1. The van der Waals surface area contributed by atoms with Crippen LogP contribution in [0.1, 0.15) is 48.4 Å². The van der Waals surface area contributed by atoms with E-state index >= 15 is 0 Å². The Labute approximate surface area is 170 Å². The molecule has 154 valence electrons. The van der Waals surface area contributed by atoms with Crippen LogP contribution in [0.5, 0.6) is 0 Å². The second kappa shape index (κ2) is 8.30. The molecule has 0 spiro atoms. The summed E-state index contributed by atoms with van der Waals surface area (Å²) in [7, 11) is -3.51. The van der Waals surface area contributed by atoms with Crippen molar-refractivity contribution in [3.05, 3.63) is 59.5 Å². The molecular formula is C20H25N5O3S. The summed E-state index contributed by atoms with van der Waals surface area (Å²) in [5, 5.41) is 7.25. The van der Waals surface area contributed by atoms with Crippen molar-refractivity contribution in [1.29, 1.82) is 0 Å². The number of rotatable bonds is 7. The van der Waals surface area contributed by atoms with E-state index in [1.165, 1.54) is 4.31 Å². The molecular weight excluding hydrogens is 390 g/mol. The van der Waals surface area contributed by atoms with E-state index < -0.39 is 10.0 Å². The Bertz CT molecular complexity index is 1120. The van der Waals surface area contributed by atoms with Crippen LogP contribution in [0.3, 0.4) is 0 Å². The molecule has 0 saturated carbocycles. The zero-order valence-electron chi connectivity index (χ0n) is 17.0. The molecule has 0 radical (unpaired) electrons. The number of sulfonamides is 1. The summed E-state index contributed by atoms with van der Waals surface area (Å²) in [6.07, 6.45) is 3.36. The minimum atomic E-state index is -3.51. The number of aryl methyl sites for hydroxylation is 1. The van der Waals surface area contributed by atoms with E-state index in [4.69, 9.17) is 0 Å². The Morgan fingerprint density at radius 2 is 1.86 bits per heavy atom. The van der Waals surface area contributed by atoms with Crippen molar-refractivity contribution >= 4 is 21.6 Å². The van der Waals surface area contributed by atoms with Gasteiger partial charge in [-0.25, -0.2) is 17.9 Å². The quantitative estimate of drug-likeness (QED) is 0.640. The molecule has 9 heteroatoms. The molecule has 0 aliphatic heterocycles. The zero-order valence-corrected chi connectivity index (χ0v) is 17.8. The molecule has 3 rings (SSSR count). The molecule has 1 N–H and O–H groups in total. The van der Waals surface area contributed by atoms with E-state index in [-0.39, 0.29) is 16.8 Å². The fourth-order valence-electron chi connectivity index (χ4n) is 3.26. The van der Waals surface area contributed by atoms with Crippen LogP contribution in [0.2, 0.25) is 0 Å². The van der Waals surface area contributed by atoms with Crippen molar-refractivity contribution in [3.63, 3.8) is 0 Å². The van der Waals surface area contributed by atoms with E-state index in [0.717, 1.165) is 5.56 Å². The fraction of sp³-hybridized carbons (Fsp3) is 0.350. The van der Waals surface area contributed by atoms with Gasteiger partial charge in [-0.1, -0.05) is 26.0 Å². The monoisotopic (exact) mass is 415 g/mol. The first-order chi connectivity index (χ1) is 13.8. The molecule has 1 amide bonds. The van der Waals surface area contributed by atoms with Gasteiger partial charge in [0.1, 0.15) is 5.56 Å².